The van der Waals surface area contributed by atoms with Crippen LogP contribution in [0.25, 0.3) is 0 Å². The van der Waals surface area contributed by atoms with Crippen LogP contribution in [0, 0.1) is 0 Å². The smallest absolute Gasteiger partial charge is 0.253 e. The van der Waals surface area contributed by atoms with Crippen molar-refractivity contribution in [3.8, 4) is 0 Å². The van der Waals surface area contributed by atoms with Crippen LogP contribution < -0.4 is 0 Å². The molecule has 1 aromatic rings. The Morgan fingerprint density at radius 1 is 1.50 bits per heavy atom. The molecule has 0 unspecified atom stereocenters. The van der Waals surface area contributed by atoms with Gasteiger partial charge in [0.2, 0.25) is 0 Å². The summed E-state index contributed by atoms with van der Waals surface area (Å²) in [4.78, 5) is 16.0. The molecule has 76 valence electrons. The Balaban J connectivity index is 3.03. The van der Waals surface area contributed by atoms with Crippen LogP contribution in [0.15, 0.2) is 22.8 Å². The Kier molecular flexibility index (Phi) is 3.10. The van der Waals surface area contributed by atoms with Crippen molar-refractivity contribution in [2.75, 3.05) is 0 Å². The zero-order valence-electron chi connectivity index (χ0n) is 6.51. The van der Waals surface area contributed by atoms with Crippen molar-refractivity contribution in [3.63, 3.8) is 0 Å². The first-order valence-corrected chi connectivity index (χ1v) is 4.10. The summed E-state index contributed by atoms with van der Waals surface area (Å²) in [6.45, 7) is 0. The lowest BCUT2D eigenvalue weighted by Crippen LogP contribution is -2.27. The van der Waals surface area contributed by atoms with E-state index in [-0.39, 0.29) is 0 Å². The molecule has 0 aliphatic carbocycles. The second-order valence-electron chi connectivity index (χ2n) is 2.30. The highest BCUT2D eigenvalue weighted by Gasteiger charge is 2.45. The minimum atomic E-state index is -4.07. The number of nitrogens with zero attached hydrogens (tertiary/aromatic N) is 1. The molecule has 0 amide bonds. The zero-order valence-corrected chi connectivity index (χ0v) is 8.09. The summed E-state index contributed by atoms with van der Waals surface area (Å²) in [7, 11) is 0. The molecule has 0 spiro atoms. The lowest BCUT2D eigenvalue weighted by atomic mass is 10.2. The molecule has 1 heterocycles. The van der Waals surface area contributed by atoms with E-state index < -0.39 is 17.6 Å². The topological polar surface area (TPSA) is 39.2 Å². The molecule has 3 nitrogen and oxygen atoms in total. The molecule has 0 atom stereocenters. The third-order valence-corrected chi connectivity index (χ3v) is 1.84. The van der Waals surface area contributed by atoms with Crippen molar-refractivity contribution in [2.45, 2.75) is 5.92 Å². The van der Waals surface area contributed by atoms with Gasteiger partial charge in [-0.3, -0.25) is 4.98 Å². The van der Waals surface area contributed by atoms with Crippen molar-refractivity contribution in [1.29, 1.82) is 0 Å². The first-order chi connectivity index (χ1) is 6.48. The van der Waals surface area contributed by atoms with E-state index in [0.29, 0.717) is 4.47 Å². The number of halogens is 4. The van der Waals surface area contributed by atoms with Crippen LogP contribution in [0.5, 0.6) is 0 Å². The number of carbonyl (C=O) groups is 1. The van der Waals surface area contributed by atoms with Crippen LogP contribution in [-0.2, 0) is 15.7 Å². The number of alkyl halides is 2. The minimum Gasteiger partial charge on any atom is -0.253 e. The molecule has 0 N–H and O–H groups in total. The summed E-state index contributed by atoms with van der Waals surface area (Å²) in [5, 5.41) is 0. The second-order valence-corrected chi connectivity index (χ2v) is 3.22. The summed E-state index contributed by atoms with van der Waals surface area (Å²) in [5.74, 6) is -6.36. The van der Waals surface area contributed by atoms with Gasteiger partial charge in [-0.2, -0.15) is 8.78 Å². The molecule has 7 heteroatoms. The van der Waals surface area contributed by atoms with Crippen LogP contribution in [-0.4, -0.2) is 11.0 Å². The molecular formula is C7H3BrF3NO2. The van der Waals surface area contributed by atoms with E-state index in [4.69, 9.17) is 0 Å². The SMILES string of the molecule is O=C(OF)C(F)(F)c1ccc(Br)cn1. The van der Waals surface area contributed by atoms with Gasteiger partial charge in [-0.15, -0.1) is 0 Å². The fraction of sp³-hybridized carbons (Fsp3) is 0.143. The first-order valence-electron chi connectivity index (χ1n) is 3.31. The Hall–Kier alpha value is -1.11. The van der Waals surface area contributed by atoms with Gasteiger partial charge in [-0.1, -0.05) is 0 Å². The first kappa shape index (κ1) is 11.0. The molecular weight excluding hydrogens is 267 g/mol. The zero-order chi connectivity index (χ0) is 10.8. The highest BCUT2D eigenvalue weighted by atomic mass is 79.9. The third-order valence-electron chi connectivity index (χ3n) is 1.38. The summed E-state index contributed by atoms with van der Waals surface area (Å²) in [5.41, 5.74) is -0.872. The summed E-state index contributed by atoms with van der Waals surface area (Å²) in [6.07, 6.45) is 1.06. The van der Waals surface area contributed by atoms with Gasteiger partial charge >= 0.3 is 11.9 Å². The molecule has 14 heavy (non-hydrogen) atoms. The summed E-state index contributed by atoms with van der Waals surface area (Å²) >= 11 is 2.97. The Morgan fingerprint density at radius 3 is 2.57 bits per heavy atom. The molecule has 0 saturated carbocycles. The molecule has 1 rings (SSSR count). The fourth-order valence-corrected chi connectivity index (χ4v) is 0.949. The maximum absolute atomic E-state index is 12.9. The number of pyridine rings is 1. The fourth-order valence-electron chi connectivity index (χ4n) is 0.715. The Bertz CT molecular complexity index is 341. The van der Waals surface area contributed by atoms with Crippen LogP contribution >= 0.6 is 15.9 Å². The molecule has 0 aromatic carbocycles. The number of hydrogen-bond donors (Lipinski definition) is 0. The second kappa shape index (κ2) is 3.95. The van der Waals surface area contributed by atoms with E-state index in [0.717, 1.165) is 12.3 Å². The molecule has 0 aliphatic rings. The maximum Gasteiger partial charge on any atom is 0.424 e. The van der Waals surface area contributed by atoms with E-state index in [1.54, 1.807) is 0 Å². The normalized spacial score (nSPS) is 11.1. The number of carbonyl (C=O) groups excluding carboxylic acids is 1. The summed E-state index contributed by atoms with van der Waals surface area (Å²) in [6, 6.07) is 2.14. The number of hydrogen-bond acceptors (Lipinski definition) is 3. The molecule has 0 bridgehead atoms. The van der Waals surface area contributed by atoms with Crippen LogP contribution in [0.2, 0.25) is 0 Å². The summed E-state index contributed by atoms with van der Waals surface area (Å²) < 4.78 is 37.5. The lowest BCUT2D eigenvalue weighted by molar-refractivity contribution is -0.213. The van der Waals surface area contributed by atoms with Gasteiger partial charge in [-0.25, -0.2) is 9.74 Å². The van der Waals surface area contributed by atoms with Crippen molar-refractivity contribution < 1.29 is 23.0 Å². The van der Waals surface area contributed by atoms with Gasteiger partial charge < -0.3 is 0 Å². The number of rotatable bonds is 2. The Morgan fingerprint density at radius 2 is 2.14 bits per heavy atom. The van der Waals surface area contributed by atoms with Gasteiger partial charge in [0.25, 0.3) is 0 Å². The molecule has 0 aliphatic heterocycles. The lowest BCUT2D eigenvalue weighted by Gasteiger charge is -2.09. The van der Waals surface area contributed by atoms with Gasteiger partial charge in [0, 0.05) is 15.2 Å². The molecule has 0 radical (unpaired) electrons. The van der Waals surface area contributed by atoms with E-state index in [1.807, 2.05) is 0 Å². The number of aromatic nitrogens is 1. The van der Waals surface area contributed by atoms with Crippen LogP contribution in [0.3, 0.4) is 0 Å². The predicted octanol–water partition coefficient (Wildman–Crippen LogP) is 2.36. The van der Waals surface area contributed by atoms with Gasteiger partial charge in [0.15, 0.2) is 0 Å². The van der Waals surface area contributed by atoms with Gasteiger partial charge in [0.05, 0.1) is 0 Å². The van der Waals surface area contributed by atoms with E-state index >= 15 is 0 Å². The van der Waals surface area contributed by atoms with Crippen molar-refractivity contribution in [3.05, 3.63) is 28.5 Å². The standard InChI is InChI=1S/C7H3BrF3NO2/c8-4-1-2-5(12-3-4)7(9,10)6(13)14-11/h1-3H. The monoisotopic (exact) mass is 269 g/mol. The average molecular weight is 270 g/mol. The predicted molar refractivity (Wildman–Crippen MR) is 43.0 cm³/mol. The van der Waals surface area contributed by atoms with Crippen LogP contribution in [0.4, 0.5) is 13.3 Å². The van der Waals surface area contributed by atoms with E-state index in [9.17, 15) is 18.1 Å². The maximum atomic E-state index is 12.9. The highest BCUT2D eigenvalue weighted by Crippen LogP contribution is 2.28. The highest BCUT2D eigenvalue weighted by molar-refractivity contribution is 9.10. The van der Waals surface area contributed by atoms with Crippen LogP contribution in [0.1, 0.15) is 5.69 Å². The quantitative estimate of drug-likeness (QED) is 0.828. The van der Waals surface area contributed by atoms with Crippen molar-refractivity contribution in [2.24, 2.45) is 0 Å². The van der Waals surface area contributed by atoms with Crippen molar-refractivity contribution >= 4 is 21.9 Å². The third kappa shape index (κ3) is 2.03. The van der Waals surface area contributed by atoms with Gasteiger partial charge in [-0.05, 0) is 28.1 Å². The van der Waals surface area contributed by atoms with E-state index in [2.05, 4.69) is 25.9 Å². The average Bonchev–Trinajstić information content (AvgIpc) is 2.17. The largest absolute Gasteiger partial charge is 0.424 e. The van der Waals surface area contributed by atoms with Gasteiger partial charge in [0.1, 0.15) is 5.69 Å². The minimum absolute atomic E-state index is 0.464. The van der Waals surface area contributed by atoms with Crippen molar-refractivity contribution in [1.82, 2.24) is 4.98 Å². The van der Waals surface area contributed by atoms with E-state index in [1.165, 1.54) is 6.07 Å². The molecule has 0 fully saturated rings. The molecule has 0 saturated heterocycles. The Labute approximate surface area is 84.9 Å². The molecule has 1 aromatic heterocycles.